The predicted octanol–water partition coefficient (Wildman–Crippen LogP) is 2.72. The van der Waals surface area contributed by atoms with Crippen LogP contribution in [-0.2, 0) is 9.47 Å². The van der Waals surface area contributed by atoms with Gasteiger partial charge in [0.1, 0.15) is 11.2 Å². The van der Waals surface area contributed by atoms with Crippen LogP contribution < -0.4 is 4.90 Å². The summed E-state index contributed by atoms with van der Waals surface area (Å²) >= 11 is 0. The summed E-state index contributed by atoms with van der Waals surface area (Å²) in [5.74, 6) is 0. The van der Waals surface area contributed by atoms with E-state index in [9.17, 15) is 0 Å². The fraction of sp³-hybridized carbons (Fsp3) is 0.588. The first kappa shape index (κ1) is 14.0. The zero-order chi connectivity index (χ0) is 15.3. The first-order chi connectivity index (χ1) is 10.6. The number of nitrogens with zero attached hydrogens (tertiary/aromatic N) is 3. The number of anilines is 1. The molecule has 1 atom stereocenters. The Morgan fingerprint density at radius 2 is 2.18 bits per heavy atom. The van der Waals surface area contributed by atoms with Crippen LogP contribution in [0.5, 0.6) is 0 Å². The maximum Gasteiger partial charge on any atom is 0.142 e. The Morgan fingerprint density at radius 3 is 2.86 bits per heavy atom. The van der Waals surface area contributed by atoms with E-state index in [-0.39, 0.29) is 11.7 Å². The Hall–Kier alpha value is -1.59. The number of pyridine rings is 1. The smallest absolute Gasteiger partial charge is 0.142 e. The maximum absolute atomic E-state index is 5.93. The monoisotopic (exact) mass is 301 g/mol. The van der Waals surface area contributed by atoms with Gasteiger partial charge in [-0.1, -0.05) is 0 Å². The van der Waals surface area contributed by atoms with Crippen LogP contribution >= 0.6 is 0 Å². The van der Waals surface area contributed by atoms with Gasteiger partial charge in [-0.15, -0.1) is 0 Å². The Labute approximate surface area is 130 Å². The van der Waals surface area contributed by atoms with E-state index >= 15 is 0 Å². The second kappa shape index (κ2) is 4.96. The van der Waals surface area contributed by atoms with Crippen LogP contribution in [0.25, 0.3) is 5.65 Å². The SMILES string of the molecule is CO[C@H](C)c1cc(N2CC3(CCCO3)C2)cn2cc(C)nc12. The molecule has 118 valence electrons. The summed E-state index contributed by atoms with van der Waals surface area (Å²) in [5.41, 5.74) is 4.50. The molecule has 2 saturated heterocycles. The number of rotatable bonds is 3. The second-order valence-corrected chi connectivity index (χ2v) is 6.64. The van der Waals surface area contributed by atoms with Crippen LogP contribution in [-0.4, -0.2) is 41.8 Å². The highest BCUT2D eigenvalue weighted by molar-refractivity contribution is 5.61. The minimum atomic E-state index is 0.0298. The van der Waals surface area contributed by atoms with Crippen LogP contribution in [0.2, 0.25) is 0 Å². The fourth-order valence-electron chi connectivity index (χ4n) is 3.67. The molecule has 2 fully saturated rings. The van der Waals surface area contributed by atoms with Crippen molar-refractivity contribution in [3.05, 3.63) is 29.7 Å². The van der Waals surface area contributed by atoms with E-state index in [0.29, 0.717) is 0 Å². The van der Waals surface area contributed by atoms with Gasteiger partial charge in [0.15, 0.2) is 0 Å². The number of ether oxygens (including phenoxy) is 2. The molecule has 2 aliphatic rings. The second-order valence-electron chi connectivity index (χ2n) is 6.64. The molecule has 0 radical (unpaired) electrons. The summed E-state index contributed by atoms with van der Waals surface area (Å²) in [7, 11) is 1.74. The van der Waals surface area contributed by atoms with Crippen molar-refractivity contribution in [2.75, 3.05) is 31.7 Å². The molecular formula is C17H23N3O2. The lowest BCUT2D eigenvalue weighted by Gasteiger charge is -2.48. The van der Waals surface area contributed by atoms with Crippen molar-refractivity contribution in [3.63, 3.8) is 0 Å². The van der Waals surface area contributed by atoms with Crippen LogP contribution in [0.1, 0.15) is 37.1 Å². The van der Waals surface area contributed by atoms with Gasteiger partial charge in [-0.2, -0.15) is 0 Å². The summed E-state index contributed by atoms with van der Waals surface area (Å²) < 4.78 is 13.6. The van der Waals surface area contributed by atoms with E-state index in [0.717, 1.165) is 36.6 Å². The molecule has 2 aromatic rings. The van der Waals surface area contributed by atoms with Crippen LogP contribution in [0.4, 0.5) is 5.69 Å². The minimum absolute atomic E-state index is 0.0298. The molecule has 1 spiro atoms. The average molecular weight is 301 g/mol. The summed E-state index contributed by atoms with van der Waals surface area (Å²) in [4.78, 5) is 7.03. The average Bonchev–Trinajstić information content (AvgIpc) is 3.08. The number of fused-ring (bicyclic) bond motifs is 1. The van der Waals surface area contributed by atoms with Crippen LogP contribution in [0, 0.1) is 6.92 Å². The Bertz CT molecular complexity index is 695. The van der Waals surface area contributed by atoms with Gasteiger partial charge in [0.2, 0.25) is 0 Å². The van der Waals surface area contributed by atoms with Gasteiger partial charge < -0.3 is 18.8 Å². The molecule has 0 N–H and O–H groups in total. The molecule has 0 aromatic carbocycles. The number of hydrogen-bond acceptors (Lipinski definition) is 4. The largest absolute Gasteiger partial charge is 0.377 e. The molecule has 2 aromatic heterocycles. The number of aryl methyl sites for hydroxylation is 1. The number of imidazole rings is 1. The summed E-state index contributed by atoms with van der Waals surface area (Å²) in [6, 6.07) is 2.22. The summed E-state index contributed by atoms with van der Waals surface area (Å²) in [5, 5.41) is 0. The third kappa shape index (κ3) is 2.11. The van der Waals surface area contributed by atoms with Crippen molar-refractivity contribution in [3.8, 4) is 0 Å². The first-order valence-corrected chi connectivity index (χ1v) is 8.01. The molecule has 0 unspecified atom stereocenters. The molecule has 0 saturated carbocycles. The van der Waals surface area contributed by atoms with Crippen molar-refractivity contribution in [1.82, 2.24) is 9.38 Å². The molecule has 4 heterocycles. The predicted molar refractivity (Wildman–Crippen MR) is 85.5 cm³/mol. The van der Waals surface area contributed by atoms with Gasteiger partial charge in [0.25, 0.3) is 0 Å². The molecule has 0 amide bonds. The highest BCUT2D eigenvalue weighted by atomic mass is 16.5. The molecule has 5 heteroatoms. The van der Waals surface area contributed by atoms with E-state index in [1.165, 1.54) is 18.5 Å². The molecule has 0 bridgehead atoms. The minimum Gasteiger partial charge on any atom is -0.377 e. The van der Waals surface area contributed by atoms with Crippen molar-refractivity contribution >= 4 is 11.3 Å². The molecule has 0 aliphatic carbocycles. The number of methoxy groups -OCH3 is 1. The summed E-state index contributed by atoms with van der Waals surface area (Å²) in [6.07, 6.45) is 6.66. The van der Waals surface area contributed by atoms with Crippen LogP contribution in [0.3, 0.4) is 0 Å². The van der Waals surface area contributed by atoms with Crippen LogP contribution in [0.15, 0.2) is 18.5 Å². The van der Waals surface area contributed by atoms with Gasteiger partial charge in [-0.25, -0.2) is 4.98 Å². The van der Waals surface area contributed by atoms with E-state index < -0.39 is 0 Å². The summed E-state index contributed by atoms with van der Waals surface area (Å²) in [6.45, 7) is 7.00. The lowest BCUT2D eigenvalue weighted by atomic mass is 9.90. The van der Waals surface area contributed by atoms with Gasteiger partial charge in [0, 0.05) is 44.8 Å². The number of aromatic nitrogens is 2. The molecule has 22 heavy (non-hydrogen) atoms. The molecule has 2 aliphatic heterocycles. The van der Waals surface area contributed by atoms with Crippen molar-refractivity contribution in [2.24, 2.45) is 0 Å². The topological polar surface area (TPSA) is 39.0 Å². The lowest BCUT2D eigenvalue weighted by Crippen LogP contribution is -2.61. The third-order valence-electron chi connectivity index (χ3n) is 4.99. The lowest BCUT2D eigenvalue weighted by molar-refractivity contribution is -0.0181. The first-order valence-electron chi connectivity index (χ1n) is 8.01. The van der Waals surface area contributed by atoms with Gasteiger partial charge >= 0.3 is 0 Å². The van der Waals surface area contributed by atoms with E-state index in [4.69, 9.17) is 9.47 Å². The van der Waals surface area contributed by atoms with Crippen molar-refractivity contribution < 1.29 is 9.47 Å². The molecule has 5 nitrogen and oxygen atoms in total. The molecular weight excluding hydrogens is 278 g/mol. The number of hydrogen-bond donors (Lipinski definition) is 0. The van der Waals surface area contributed by atoms with E-state index in [1.54, 1.807) is 7.11 Å². The Morgan fingerprint density at radius 1 is 1.36 bits per heavy atom. The Kier molecular flexibility index (Phi) is 3.16. The maximum atomic E-state index is 5.93. The normalized spacial score (nSPS) is 21.5. The third-order valence-corrected chi connectivity index (χ3v) is 4.99. The van der Waals surface area contributed by atoms with Gasteiger partial charge in [-0.05, 0) is 32.8 Å². The molecule has 4 rings (SSSR count). The standard InChI is InChI=1S/C17H23N3O2/c1-12-8-19-9-14(7-15(13(2)21-3)16(19)18-12)20-10-17(11-20)5-4-6-22-17/h7-9,13H,4-6,10-11H2,1-3H3/t13-/m1/s1. The van der Waals surface area contributed by atoms with Crippen molar-refractivity contribution in [1.29, 1.82) is 0 Å². The van der Waals surface area contributed by atoms with Gasteiger partial charge in [-0.3, -0.25) is 0 Å². The highest BCUT2D eigenvalue weighted by Gasteiger charge is 2.46. The van der Waals surface area contributed by atoms with Crippen molar-refractivity contribution in [2.45, 2.75) is 38.4 Å². The van der Waals surface area contributed by atoms with Gasteiger partial charge in [0.05, 0.1) is 17.5 Å². The fourth-order valence-corrected chi connectivity index (χ4v) is 3.67. The quantitative estimate of drug-likeness (QED) is 0.874. The zero-order valence-corrected chi connectivity index (χ0v) is 13.5. The Balaban J connectivity index is 1.69. The zero-order valence-electron chi connectivity index (χ0n) is 13.5. The van der Waals surface area contributed by atoms with E-state index in [1.807, 2.05) is 6.92 Å². The highest BCUT2D eigenvalue weighted by Crippen LogP contribution is 2.38. The van der Waals surface area contributed by atoms with E-state index in [2.05, 4.69) is 39.7 Å².